The molecule has 0 spiro atoms. The average molecular weight is 350 g/mol. The first-order chi connectivity index (χ1) is 9.38. The predicted octanol–water partition coefficient (Wildman–Crippen LogP) is 2.75. The van der Waals surface area contributed by atoms with E-state index < -0.39 is 42.1 Å². The zero-order valence-corrected chi connectivity index (χ0v) is 11.3. The normalized spacial score (nSPS) is 13.0. The number of hydrogen-bond donors (Lipinski definition) is 0. The van der Waals surface area contributed by atoms with Crippen LogP contribution in [0.4, 0.5) is 22.0 Å². The number of rotatable bonds is 4. The molecule has 12 heteroatoms. The molecule has 0 bridgehead atoms. The van der Waals surface area contributed by atoms with Crippen LogP contribution in [-0.4, -0.2) is 23.0 Å². The van der Waals surface area contributed by atoms with Gasteiger partial charge >= 0.3 is 6.18 Å². The number of nitrogens with zero attached hydrogens (tertiary/aromatic N) is 1. The molecule has 1 aromatic carbocycles. The molecular weight excluding hydrogens is 345 g/mol. The lowest BCUT2D eigenvalue weighted by atomic mass is 10.4. The molecule has 0 saturated carbocycles. The highest BCUT2D eigenvalue weighted by Gasteiger charge is 2.44. The van der Waals surface area contributed by atoms with Crippen molar-refractivity contribution in [1.29, 1.82) is 0 Å². The zero-order valence-electron chi connectivity index (χ0n) is 9.67. The molecule has 5 nitrogen and oxygen atoms in total. The van der Waals surface area contributed by atoms with Crippen LogP contribution in [0.5, 0.6) is 0 Å². The standard InChI is InChI=1S/C9H5F5NO4S2/c10-8(11)7(9(12,13)14)21(18,19)15-20(16,17)6-4-2-1-3-5-6/h1-5H/q-1. The number of hydrogen-bond acceptors (Lipinski definition) is 4. The van der Waals surface area contributed by atoms with Crippen LogP contribution in [0, 0.1) is 0 Å². The van der Waals surface area contributed by atoms with E-state index in [-0.39, 0.29) is 0 Å². The molecule has 0 radical (unpaired) electrons. The van der Waals surface area contributed by atoms with E-state index in [0.29, 0.717) is 0 Å². The fourth-order valence-electron chi connectivity index (χ4n) is 1.15. The lowest BCUT2D eigenvalue weighted by Gasteiger charge is -2.22. The quantitative estimate of drug-likeness (QED) is 0.782. The van der Waals surface area contributed by atoms with Crippen molar-refractivity contribution < 1.29 is 38.8 Å². The number of allylic oxidation sites excluding steroid dienone is 1. The molecule has 0 aliphatic rings. The summed E-state index contributed by atoms with van der Waals surface area (Å²) >= 11 is 0. The first-order valence-electron chi connectivity index (χ1n) is 4.80. The van der Waals surface area contributed by atoms with Gasteiger partial charge in [0.25, 0.3) is 6.08 Å². The van der Waals surface area contributed by atoms with Crippen LogP contribution in [0.1, 0.15) is 0 Å². The van der Waals surface area contributed by atoms with Crippen molar-refractivity contribution in [2.75, 3.05) is 0 Å². The van der Waals surface area contributed by atoms with Gasteiger partial charge in [0.2, 0.25) is 0 Å². The van der Waals surface area contributed by atoms with Crippen LogP contribution in [-0.2, 0) is 20.0 Å². The Kier molecular flexibility index (Phi) is 4.75. The van der Waals surface area contributed by atoms with Crippen molar-refractivity contribution in [3.05, 3.63) is 45.4 Å². The average Bonchev–Trinajstić information content (AvgIpc) is 2.25. The molecule has 0 aliphatic heterocycles. The van der Waals surface area contributed by atoms with Crippen LogP contribution in [0.2, 0.25) is 0 Å². The maximum Gasteiger partial charge on any atom is 0.430 e. The minimum absolute atomic E-state index is 0.755. The minimum Gasteiger partial charge on any atom is -0.427 e. The van der Waals surface area contributed by atoms with Crippen molar-refractivity contribution in [1.82, 2.24) is 0 Å². The highest BCUT2D eigenvalue weighted by Crippen LogP contribution is 2.38. The molecule has 1 rings (SSSR count). The molecule has 0 N–H and O–H groups in total. The zero-order chi connectivity index (χ0) is 16.5. The molecule has 0 unspecified atom stereocenters. The summed E-state index contributed by atoms with van der Waals surface area (Å²) in [7, 11) is -11.2. The summed E-state index contributed by atoms with van der Waals surface area (Å²) in [5.74, 6) is 0. The molecule has 0 heterocycles. The van der Waals surface area contributed by atoms with Gasteiger partial charge in [-0.25, -0.2) is 16.8 Å². The van der Waals surface area contributed by atoms with Crippen LogP contribution >= 0.6 is 0 Å². The third-order valence-corrected chi connectivity index (χ3v) is 5.26. The molecule has 0 aliphatic carbocycles. The Bertz CT molecular complexity index is 749. The predicted molar refractivity (Wildman–Crippen MR) is 61.2 cm³/mol. The second-order valence-electron chi connectivity index (χ2n) is 3.43. The third kappa shape index (κ3) is 4.22. The van der Waals surface area contributed by atoms with Gasteiger partial charge in [-0.3, -0.25) is 0 Å². The lowest BCUT2D eigenvalue weighted by Crippen LogP contribution is -2.22. The Labute approximate surface area is 116 Å². The summed E-state index contributed by atoms with van der Waals surface area (Å²) in [6.45, 7) is 0. The Balaban J connectivity index is 3.33. The highest BCUT2D eigenvalue weighted by atomic mass is 32.3. The van der Waals surface area contributed by atoms with Crippen LogP contribution < -0.4 is 0 Å². The van der Waals surface area contributed by atoms with Crippen molar-refractivity contribution >= 4 is 20.0 Å². The van der Waals surface area contributed by atoms with Gasteiger partial charge in [-0.1, -0.05) is 18.2 Å². The van der Waals surface area contributed by atoms with Crippen molar-refractivity contribution in [3.63, 3.8) is 0 Å². The van der Waals surface area contributed by atoms with Gasteiger partial charge in [-0.2, -0.15) is 22.0 Å². The maximum atomic E-state index is 12.3. The van der Waals surface area contributed by atoms with E-state index in [9.17, 15) is 38.8 Å². The van der Waals surface area contributed by atoms with E-state index in [4.69, 9.17) is 0 Å². The first kappa shape index (κ1) is 17.5. The monoisotopic (exact) mass is 350 g/mol. The Morgan fingerprint density at radius 1 is 0.952 bits per heavy atom. The second kappa shape index (κ2) is 5.69. The first-order valence-corrected chi connectivity index (χ1v) is 7.68. The molecule has 0 amide bonds. The Morgan fingerprint density at radius 2 is 1.43 bits per heavy atom. The van der Waals surface area contributed by atoms with Gasteiger partial charge in [0.15, 0.2) is 4.91 Å². The van der Waals surface area contributed by atoms with Gasteiger partial charge < -0.3 is 4.13 Å². The molecule has 1 aromatic rings. The van der Waals surface area contributed by atoms with E-state index in [2.05, 4.69) is 0 Å². The SMILES string of the molecule is O=S(=O)([N-]S(=O)(=O)c1ccccc1)C(=C(F)F)C(F)(F)F. The Hall–Kier alpha value is -1.53. The van der Waals surface area contributed by atoms with Crippen molar-refractivity contribution in [3.8, 4) is 0 Å². The molecular formula is C9H5F5NO4S2-. The van der Waals surface area contributed by atoms with Gasteiger partial charge in [-0.15, -0.1) is 0 Å². The summed E-state index contributed by atoms with van der Waals surface area (Å²) in [5.41, 5.74) is 0. The molecule has 0 saturated heterocycles. The summed E-state index contributed by atoms with van der Waals surface area (Å²) in [5, 5.41) is 0. The van der Waals surface area contributed by atoms with Crippen molar-refractivity contribution in [2.24, 2.45) is 0 Å². The van der Waals surface area contributed by atoms with Gasteiger partial charge in [0.1, 0.15) is 20.0 Å². The summed E-state index contributed by atoms with van der Waals surface area (Å²) in [6.07, 6.45) is -9.58. The van der Waals surface area contributed by atoms with Crippen LogP contribution in [0.15, 0.2) is 46.2 Å². The third-order valence-electron chi connectivity index (χ3n) is 1.92. The van der Waals surface area contributed by atoms with Gasteiger partial charge in [0.05, 0.1) is 0 Å². The van der Waals surface area contributed by atoms with Crippen LogP contribution in [0.3, 0.4) is 0 Å². The number of benzene rings is 1. The summed E-state index contributed by atoms with van der Waals surface area (Å²) < 4.78 is 109. The summed E-state index contributed by atoms with van der Waals surface area (Å²) in [4.78, 5) is -4.07. The highest BCUT2D eigenvalue weighted by molar-refractivity contribution is 8.14. The number of sulfonamides is 2. The second-order valence-corrected chi connectivity index (χ2v) is 6.80. The lowest BCUT2D eigenvalue weighted by molar-refractivity contribution is -0.0874. The van der Waals surface area contributed by atoms with E-state index in [1.54, 1.807) is 0 Å². The van der Waals surface area contributed by atoms with E-state index in [1.807, 2.05) is 4.13 Å². The maximum absolute atomic E-state index is 12.3. The molecule has 0 aromatic heterocycles. The molecule has 0 atom stereocenters. The van der Waals surface area contributed by atoms with E-state index in [0.717, 1.165) is 24.3 Å². The Morgan fingerprint density at radius 3 is 1.81 bits per heavy atom. The minimum atomic E-state index is -6.14. The molecule has 118 valence electrons. The molecule has 0 fully saturated rings. The fourth-order valence-corrected chi connectivity index (χ4v) is 3.82. The van der Waals surface area contributed by atoms with Crippen molar-refractivity contribution in [2.45, 2.75) is 11.1 Å². The smallest absolute Gasteiger partial charge is 0.427 e. The topological polar surface area (TPSA) is 82.4 Å². The summed E-state index contributed by atoms with van der Waals surface area (Å²) in [6, 6.07) is 5.32. The largest absolute Gasteiger partial charge is 0.430 e. The van der Waals surface area contributed by atoms with Gasteiger partial charge in [-0.05, 0) is 12.1 Å². The fraction of sp³-hybridized carbons (Fsp3) is 0.111. The number of halogens is 5. The van der Waals surface area contributed by atoms with Crippen LogP contribution in [0.25, 0.3) is 4.13 Å². The van der Waals surface area contributed by atoms with E-state index >= 15 is 0 Å². The molecule has 21 heavy (non-hydrogen) atoms. The number of alkyl halides is 3. The van der Waals surface area contributed by atoms with Gasteiger partial charge in [0, 0.05) is 4.90 Å². The van der Waals surface area contributed by atoms with E-state index in [1.165, 1.54) is 6.07 Å².